The van der Waals surface area contributed by atoms with Crippen LogP contribution >= 0.6 is 0 Å². The first-order valence-electron chi connectivity index (χ1n) is 17.6. The molecule has 0 spiro atoms. The van der Waals surface area contributed by atoms with E-state index in [2.05, 4.69) is 13.8 Å². The molecule has 48 heavy (non-hydrogen) atoms. The monoisotopic (exact) mass is 672 g/mol. The van der Waals surface area contributed by atoms with Gasteiger partial charge >= 0.3 is 18.0 Å². The van der Waals surface area contributed by atoms with Gasteiger partial charge in [0.05, 0.1) is 24.5 Å². The summed E-state index contributed by atoms with van der Waals surface area (Å²) in [6, 6.07) is 7.86. The second-order valence-electron chi connectivity index (χ2n) is 14.5. The fourth-order valence-electron chi connectivity index (χ4n) is 6.75. The van der Waals surface area contributed by atoms with Crippen molar-refractivity contribution in [1.29, 1.82) is 0 Å². The maximum Gasteiger partial charge on any atom is 0.334 e. The van der Waals surface area contributed by atoms with Gasteiger partial charge in [0, 0.05) is 5.54 Å². The minimum atomic E-state index is -1.65. The average molecular weight is 673 g/mol. The number of imide groups is 2. The van der Waals surface area contributed by atoms with Gasteiger partial charge in [0.25, 0.3) is 11.8 Å². The van der Waals surface area contributed by atoms with Gasteiger partial charge in [-0.25, -0.2) is 4.79 Å². The van der Waals surface area contributed by atoms with Crippen molar-refractivity contribution in [2.75, 3.05) is 19.8 Å². The summed E-state index contributed by atoms with van der Waals surface area (Å²) in [5.74, 6) is -3.03. The Morgan fingerprint density at radius 3 is 1.77 bits per heavy atom. The van der Waals surface area contributed by atoms with Crippen LogP contribution < -0.4 is 0 Å². The van der Waals surface area contributed by atoms with Crippen molar-refractivity contribution < 1.29 is 43.7 Å². The number of ether oxygens (including phenoxy) is 2. The summed E-state index contributed by atoms with van der Waals surface area (Å²) >= 11 is 0. The van der Waals surface area contributed by atoms with E-state index in [9.17, 15) is 34.2 Å². The molecule has 11 nitrogen and oxygen atoms in total. The average Bonchev–Trinajstić information content (AvgIpc) is 3.08. The highest BCUT2D eigenvalue weighted by Crippen LogP contribution is 2.41. The predicted molar refractivity (Wildman–Crippen MR) is 179 cm³/mol. The number of esters is 2. The molecule has 0 radical (unpaired) electrons. The molecular formula is C37H56N2O9. The van der Waals surface area contributed by atoms with Crippen LogP contribution in [0.25, 0.3) is 0 Å². The molecule has 1 heterocycles. The van der Waals surface area contributed by atoms with Crippen molar-refractivity contribution in [2.24, 2.45) is 17.3 Å². The number of β-amino-alcohol motifs (C(OH)–C–C–N with tert-alkyl or cyclic N) is 1. The molecular weight excluding hydrogens is 616 g/mol. The Morgan fingerprint density at radius 1 is 0.812 bits per heavy atom. The van der Waals surface area contributed by atoms with Crippen LogP contribution in [0.3, 0.4) is 0 Å². The minimum absolute atomic E-state index is 0.0518. The first-order chi connectivity index (χ1) is 22.6. The summed E-state index contributed by atoms with van der Waals surface area (Å²) in [4.78, 5) is 69.8. The number of carbonyl (C=O) groups excluding carboxylic acids is 5. The third kappa shape index (κ3) is 8.45. The third-order valence-corrected chi connectivity index (χ3v) is 10.8. The van der Waals surface area contributed by atoms with E-state index < -0.39 is 66.0 Å². The van der Waals surface area contributed by atoms with Gasteiger partial charge in [0.2, 0.25) is 0 Å². The first-order valence-corrected chi connectivity index (χ1v) is 17.6. The van der Waals surface area contributed by atoms with Crippen molar-refractivity contribution >= 4 is 29.8 Å². The number of carbonyl (C=O) groups is 5. The molecule has 2 fully saturated rings. The number of hydrogen-bond donors (Lipinski definition) is 2. The molecule has 0 aromatic heterocycles. The normalized spacial score (nSPS) is 23.6. The van der Waals surface area contributed by atoms with Crippen molar-refractivity contribution in [3.63, 3.8) is 0 Å². The summed E-state index contributed by atoms with van der Waals surface area (Å²) in [5.41, 5.74) is -2.10. The lowest BCUT2D eigenvalue weighted by molar-refractivity contribution is -0.160. The number of aliphatic hydroxyl groups excluding tert-OH is 2. The van der Waals surface area contributed by atoms with Gasteiger partial charge in [-0.1, -0.05) is 78.3 Å². The van der Waals surface area contributed by atoms with E-state index in [4.69, 9.17) is 9.47 Å². The number of urea groups is 1. The van der Waals surface area contributed by atoms with Gasteiger partial charge in [-0.3, -0.25) is 29.0 Å². The molecule has 11 heteroatoms. The zero-order valence-corrected chi connectivity index (χ0v) is 29.8. The highest BCUT2D eigenvalue weighted by Gasteiger charge is 2.60. The van der Waals surface area contributed by atoms with Crippen molar-refractivity contribution in [1.82, 2.24) is 9.80 Å². The number of hydrogen-bond acceptors (Lipinski definition) is 9. The number of aliphatic hydroxyl groups is 2. The largest absolute Gasteiger partial charge is 0.463 e. The molecule has 1 saturated carbocycles. The Bertz CT molecular complexity index is 1290. The Balaban J connectivity index is 1.62. The highest BCUT2D eigenvalue weighted by molar-refractivity contribution is 6.23. The van der Waals surface area contributed by atoms with E-state index in [0.29, 0.717) is 50.5 Å². The molecule has 1 aliphatic carbocycles. The standard InChI is InChI=1S/C37H56N2O9/c1-8-35(5,6)21-28(40)23-47-30(42)25-17-19-26(20-18-25)31(43)48-24-29(41)22-38-32(44)37(11-4,27-15-13-12-14-16-27)33(45)39(34(38)46)36(7,9-2)10-3/h12-16,25-26,28-29,40-41H,8-11,17-24H2,1-7H3. The van der Waals surface area contributed by atoms with Crippen LogP contribution in [0.4, 0.5) is 4.79 Å². The lowest BCUT2D eigenvalue weighted by atomic mass is 9.72. The maximum absolute atomic E-state index is 14.2. The summed E-state index contributed by atoms with van der Waals surface area (Å²) in [7, 11) is 0. The molecule has 4 amide bonds. The van der Waals surface area contributed by atoms with Crippen LogP contribution in [0, 0.1) is 17.3 Å². The number of amides is 4. The summed E-state index contributed by atoms with van der Waals surface area (Å²) in [6.07, 6.45) is 2.04. The molecule has 2 aliphatic rings. The van der Waals surface area contributed by atoms with Crippen LogP contribution in [0.15, 0.2) is 30.3 Å². The van der Waals surface area contributed by atoms with E-state index in [1.54, 1.807) is 37.3 Å². The molecule has 0 bridgehead atoms. The van der Waals surface area contributed by atoms with E-state index in [-0.39, 0.29) is 30.3 Å². The number of nitrogens with zero attached hydrogens (tertiary/aromatic N) is 2. The van der Waals surface area contributed by atoms with E-state index in [1.807, 2.05) is 27.7 Å². The molecule has 1 aromatic rings. The minimum Gasteiger partial charge on any atom is -0.463 e. The van der Waals surface area contributed by atoms with E-state index >= 15 is 0 Å². The fourth-order valence-corrected chi connectivity index (χ4v) is 6.75. The van der Waals surface area contributed by atoms with Crippen LogP contribution in [-0.2, 0) is 34.1 Å². The molecule has 1 aliphatic heterocycles. The van der Waals surface area contributed by atoms with Crippen LogP contribution in [0.1, 0.15) is 112 Å². The van der Waals surface area contributed by atoms with Gasteiger partial charge in [-0.05, 0) is 69.3 Å². The molecule has 1 aromatic carbocycles. The van der Waals surface area contributed by atoms with Crippen molar-refractivity contribution in [3.05, 3.63) is 35.9 Å². The fraction of sp³-hybridized carbons (Fsp3) is 0.703. The Labute approximate surface area is 285 Å². The zero-order valence-electron chi connectivity index (χ0n) is 29.8. The molecule has 3 rings (SSSR count). The molecule has 268 valence electrons. The Hall–Kier alpha value is -3.31. The smallest absolute Gasteiger partial charge is 0.334 e. The summed E-state index contributed by atoms with van der Waals surface area (Å²) < 4.78 is 10.8. The topological polar surface area (TPSA) is 151 Å². The van der Waals surface area contributed by atoms with Crippen molar-refractivity contribution in [2.45, 2.75) is 129 Å². The first kappa shape index (κ1) is 39.1. The van der Waals surface area contributed by atoms with Gasteiger partial charge in [-0.15, -0.1) is 0 Å². The predicted octanol–water partition coefficient (Wildman–Crippen LogP) is 5.14. The van der Waals surface area contributed by atoms with Crippen LogP contribution in [-0.4, -0.2) is 87.3 Å². The highest BCUT2D eigenvalue weighted by atomic mass is 16.5. The van der Waals surface area contributed by atoms with Gasteiger partial charge in [0.15, 0.2) is 5.41 Å². The number of rotatable bonds is 16. The summed E-state index contributed by atoms with van der Waals surface area (Å²) in [6.45, 7) is 12.5. The van der Waals surface area contributed by atoms with Crippen LogP contribution in [0.2, 0.25) is 0 Å². The lowest BCUT2D eigenvalue weighted by Gasteiger charge is -2.50. The number of benzene rings is 1. The van der Waals surface area contributed by atoms with Gasteiger partial charge in [0.1, 0.15) is 19.3 Å². The molecule has 2 N–H and O–H groups in total. The second kappa shape index (κ2) is 16.4. The summed E-state index contributed by atoms with van der Waals surface area (Å²) in [5, 5.41) is 21.2. The Morgan fingerprint density at radius 2 is 1.31 bits per heavy atom. The second-order valence-corrected chi connectivity index (χ2v) is 14.5. The van der Waals surface area contributed by atoms with Crippen molar-refractivity contribution in [3.8, 4) is 0 Å². The quantitative estimate of drug-likeness (QED) is 0.180. The Kier molecular flexibility index (Phi) is 13.4. The molecule has 3 atom stereocenters. The van der Waals surface area contributed by atoms with Gasteiger partial charge < -0.3 is 19.7 Å². The zero-order chi connectivity index (χ0) is 35.9. The molecule has 1 saturated heterocycles. The van der Waals surface area contributed by atoms with Crippen LogP contribution in [0.5, 0.6) is 0 Å². The third-order valence-electron chi connectivity index (χ3n) is 10.8. The molecule has 3 unspecified atom stereocenters. The SMILES string of the molecule is CCC(C)(C)CC(O)COC(=O)C1CCC(C(=O)OCC(O)CN2C(=O)N(C(C)(CC)CC)C(=O)C(CC)(c3ccccc3)C2=O)CC1. The lowest BCUT2D eigenvalue weighted by Crippen LogP contribution is -2.72. The number of barbiturate groups is 1. The van der Waals surface area contributed by atoms with E-state index in [1.165, 1.54) is 4.90 Å². The maximum atomic E-state index is 14.2. The van der Waals surface area contributed by atoms with Gasteiger partial charge in [-0.2, -0.15) is 0 Å². The van der Waals surface area contributed by atoms with E-state index in [0.717, 1.165) is 11.3 Å².